The second kappa shape index (κ2) is 6.87. The van der Waals surface area contributed by atoms with Crippen LogP contribution in [-0.2, 0) is 4.79 Å². The van der Waals surface area contributed by atoms with Gasteiger partial charge in [0.25, 0.3) is 5.91 Å². The topological polar surface area (TPSA) is 56.8 Å². The summed E-state index contributed by atoms with van der Waals surface area (Å²) >= 11 is 5.84. The van der Waals surface area contributed by atoms with E-state index in [2.05, 4.69) is 9.88 Å². The van der Waals surface area contributed by atoms with E-state index in [-0.39, 0.29) is 24.1 Å². The summed E-state index contributed by atoms with van der Waals surface area (Å²) in [5, 5.41) is 0.451. The molecule has 21 heavy (non-hydrogen) atoms. The van der Waals surface area contributed by atoms with E-state index in [4.69, 9.17) is 11.6 Å². The first-order chi connectivity index (χ1) is 9.97. The molecule has 0 unspecified atom stereocenters. The number of piperazine rings is 1. The number of halogens is 1. The molecule has 0 spiro atoms. The van der Waals surface area contributed by atoms with Crippen LogP contribution in [0.5, 0.6) is 0 Å². The molecule has 2 amide bonds. The van der Waals surface area contributed by atoms with Crippen LogP contribution in [-0.4, -0.2) is 78.3 Å². The monoisotopic (exact) mass is 310 g/mol. The third-order valence-electron chi connectivity index (χ3n) is 3.52. The van der Waals surface area contributed by atoms with Gasteiger partial charge in [-0.15, -0.1) is 0 Å². The van der Waals surface area contributed by atoms with Crippen molar-refractivity contribution in [1.82, 2.24) is 19.7 Å². The van der Waals surface area contributed by atoms with Crippen LogP contribution in [0.25, 0.3) is 0 Å². The molecule has 7 heteroatoms. The van der Waals surface area contributed by atoms with Crippen molar-refractivity contribution in [2.24, 2.45) is 0 Å². The van der Waals surface area contributed by atoms with Crippen LogP contribution in [0.1, 0.15) is 10.5 Å². The van der Waals surface area contributed by atoms with Gasteiger partial charge in [-0.1, -0.05) is 11.6 Å². The van der Waals surface area contributed by atoms with Gasteiger partial charge in [0, 0.05) is 44.4 Å². The van der Waals surface area contributed by atoms with Crippen LogP contribution in [0.15, 0.2) is 18.3 Å². The van der Waals surface area contributed by atoms with Gasteiger partial charge in [0.1, 0.15) is 5.69 Å². The molecule has 1 fully saturated rings. The van der Waals surface area contributed by atoms with Gasteiger partial charge < -0.3 is 14.7 Å². The second-order valence-corrected chi connectivity index (χ2v) is 5.64. The number of hydrogen-bond donors (Lipinski definition) is 0. The van der Waals surface area contributed by atoms with E-state index in [0.29, 0.717) is 18.1 Å². The van der Waals surface area contributed by atoms with Crippen molar-refractivity contribution in [3.05, 3.63) is 29.0 Å². The van der Waals surface area contributed by atoms with E-state index in [1.54, 1.807) is 18.0 Å². The first kappa shape index (κ1) is 15.7. The van der Waals surface area contributed by atoms with Crippen LogP contribution >= 0.6 is 11.6 Å². The van der Waals surface area contributed by atoms with E-state index in [9.17, 15) is 9.59 Å². The molecule has 1 aromatic heterocycles. The molecule has 0 aromatic carbocycles. The van der Waals surface area contributed by atoms with Crippen molar-refractivity contribution in [2.75, 3.05) is 46.8 Å². The fraction of sp³-hybridized carbons (Fsp3) is 0.500. The molecular formula is C14H19ClN4O2. The molecule has 0 N–H and O–H groups in total. The molecule has 0 atom stereocenters. The van der Waals surface area contributed by atoms with Gasteiger partial charge in [-0.05, 0) is 19.2 Å². The number of nitrogens with zero attached hydrogens (tertiary/aromatic N) is 4. The minimum Gasteiger partial charge on any atom is -0.339 e. The minimum absolute atomic E-state index is 0.0408. The molecule has 0 aliphatic carbocycles. The van der Waals surface area contributed by atoms with Crippen molar-refractivity contribution in [2.45, 2.75) is 0 Å². The SMILES string of the molecule is CN1CCN(C(=O)CN(C)C(=O)c2cc(Cl)ccn2)CC1. The van der Waals surface area contributed by atoms with E-state index < -0.39 is 0 Å². The first-order valence-corrected chi connectivity index (χ1v) is 7.18. The van der Waals surface area contributed by atoms with Gasteiger partial charge in [-0.2, -0.15) is 0 Å². The van der Waals surface area contributed by atoms with Crippen LogP contribution in [0.2, 0.25) is 5.02 Å². The molecule has 1 aliphatic heterocycles. The Kier molecular flexibility index (Phi) is 5.14. The molecule has 1 saturated heterocycles. The number of hydrogen-bond acceptors (Lipinski definition) is 4. The summed E-state index contributed by atoms with van der Waals surface area (Å²) in [6, 6.07) is 3.11. The fourth-order valence-electron chi connectivity index (χ4n) is 2.15. The lowest BCUT2D eigenvalue weighted by Crippen LogP contribution is -2.50. The maximum atomic E-state index is 12.2. The summed E-state index contributed by atoms with van der Waals surface area (Å²) in [4.78, 5) is 33.7. The molecule has 0 radical (unpaired) electrons. The molecule has 114 valence electrons. The standard InChI is InChI=1S/C14H19ClN4O2/c1-17-5-7-19(8-6-17)13(20)10-18(2)14(21)12-9-11(15)3-4-16-12/h3-4,9H,5-8,10H2,1-2H3. The third kappa shape index (κ3) is 4.15. The highest BCUT2D eigenvalue weighted by atomic mass is 35.5. The molecular weight excluding hydrogens is 292 g/mol. The molecule has 2 rings (SSSR count). The van der Waals surface area contributed by atoms with Crippen LogP contribution < -0.4 is 0 Å². The van der Waals surface area contributed by atoms with Crippen molar-refractivity contribution in [3.63, 3.8) is 0 Å². The highest BCUT2D eigenvalue weighted by Crippen LogP contribution is 2.10. The highest BCUT2D eigenvalue weighted by molar-refractivity contribution is 6.30. The van der Waals surface area contributed by atoms with Crippen molar-refractivity contribution in [3.8, 4) is 0 Å². The van der Waals surface area contributed by atoms with Gasteiger partial charge in [0.15, 0.2) is 0 Å². The maximum Gasteiger partial charge on any atom is 0.272 e. The number of likely N-dealkylation sites (N-methyl/N-ethyl adjacent to an activating group) is 2. The largest absolute Gasteiger partial charge is 0.339 e. The average molecular weight is 311 g/mol. The summed E-state index contributed by atoms with van der Waals surface area (Å²) in [5.74, 6) is -0.346. The Morgan fingerprint density at radius 3 is 2.62 bits per heavy atom. The van der Waals surface area contributed by atoms with Gasteiger partial charge in [0.05, 0.1) is 6.54 Å². The lowest BCUT2D eigenvalue weighted by molar-refractivity contribution is -0.133. The summed E-state index contributed by atoms with van der Waals surface area (Å²) in [5.41, 5.74) is 0.246. The Morgan fingerprint density at radius 1 is 1.33 bits per heavy atom. The number of carbonyl (C=O) groups excluding carboxylic acids is 2. The summed E-state index contributed by atoms with van der Waals surface area (Å²) in [6.45, 7) is 3.18. The average Bonchev–Trinajstić information content (AvgIpc) is 2.47. The van der Waals surface area contributed by atoms with Gasteiger partial charge in [-0.3, -0.25) is 14.6 Å². The number of carbonyl (C=O) groups is 2. The summed E-state index contributed by atoms with van der Waals surface area (Å²) < 4.78 is 0. The summed E-state index contributed by atoms with van der Waals surface area (Å²) in [6.07, 6.45) is 1.48. The van der Waals surface area contributed by atoms with Crippen LogP contribution in [0.4, 0.5) is 0 Å². The second-order valence-electron chi connectivity index (χ2n) is 5.20. The highest BCUT2D eigenvalue weighted by Gasteiger charge is 2.22. The van der Waals surface area contributed by atoms with E-state index >= 15 is 0 Å². The predicted molar refractivity (Wildman–Crippen MR) is 80.3 cm³/mol. The lowest BCUT2D eigenvalue weighted by Gasteiger charge is -2.33. The quantitative estimate of drug-likeness (QED) is 0.819. The Bertz CT molecular complexity index is 529. The van der Waals surface area contributed by atoms with Crippen LogP contribution in [0, 0.1) is 0 Å². The number of rotatable bonds is 3. The molecule has 1 aliphatic rings. The molecule has 1 aromatic rings. The van der Waals surface area contributed by atoms with E-state index in [1.165, 1.54) is 17.2 Å². The third-order valence-corrected chi connectivity index (χ3v) is 3.75. The van der Waals surface area contributed by atoms with E-state index in [1.807, 2.05) is 7.05 Å². The zero-order chi connectivity index (χ0) is 15.4. The predicted octanol–water partition coefficient (Wildman–Crippen LogP) is 0.581. The Balaban J connectivity index is 1.93. The van der Waals surface area contributed by atoms with Crippen molar-refractivity contribution in [1.29, 1.82) is 0 Å². The first-order valence-electron chi connectivity index (χ1n) is 6.80. The molecule has 0 saturated carbocycles. The maximum absolute atomic E-state index is 12.2. The van der Waals surface area contributed by atoms with Crippen molar-refractivity contribution < 1.29 is 9.59 Å². The number of aromatic nitrogens is 1. The van der Waals surface area contributed by atoms with Crippen molar-refractivity contribution >= 4 is 23.4 Å². The molecule has 0 bridgehead atoms. The Morgan fingerprint density at radius 2 is 2.00 bits per heavy atom. The van der Waals surface area contributed by atoms with Gasteiger partial charge in [-0.25, -0.2) is 0 Å². The molecule has 2 heterocycles. The number of pyridine rings is 1. The van der Waals surface area contributed by atoms with Gasteiger partial charge >= 0.3 is 0 Å². The smallest absolute Gasteiger partial charge is 0.272 e. The normalized spacial score (nSPS) is 15.9. The Labute approximate surface area is 129 Å². The summed E-state index contributed by atoms with van der Waals surface area (Å²) in [7, 11) is 3.63. The number of amides is 2. The lowest BCUT2D eigenvalue weighted by atomic mass is 10.3. The fourth-order valence-corrected chi connectivity index (χ4v) is 2.31. The zero-order valence-corrected chi connectivity index (χ0v) is 13.0. The Hall–Kier alpha value is -1.66. The van der Waals surface area contributed by atoms with Gasteiger partial charge in [0.2, 0.25) is 5.91 Å². The zero-order valence-electron chi connectivity index (χ0n) is 12.3. The molecule has 6 nitrogen and oxygen atoms in total. The van der Waals surface area contributed by atoms with Crippen LogP contribution in [0.3, 0.4) is 0 Å². The van der Waals surface area contributed by atoms with E-state index in [0.717, 1.165) is 13.1 Å². The minimum atomic E-state index is -0.306.